The molecule has 1 unspecified atom stereocenters. The minimum atomic E-state index is -0.944. The molecule has 1 aromatic rings. The van der Waals surface area contributed by atoms with Crippen LogP contribution in [0.1, 0.15) is 70.5 Å². The Hall–Kier alpha value is -0.890. The molecule has 0 aromatic heterocycles. The fraction of sp³-hybridized carbons (Fsp3) is 0.700. The van der Waals surface area contributed by atoms with Gasteiger partial charge in [-0.15, -0.1) is 0 Å². The van der Waals surface area contributed by atoms with Gasteiger partial charge in [-0.3, -0.25) is 0 Å². The Kier molecular flexibility index (Phi) is 6.61. The summed E-state index contributed by atoms with van der Waals surface area (Å²) in [5, 5.41) is 0. The number of nitrogens with zero attached hydrogens (tertiary/aromatic N) is 1. The summed E-state index contributed by atoms with van der Waals surface area (Å²) in [7, 11) is 4.25. The zero-order valence-electron chi connectivity index (χ0n) is 15.5. The van der Waals surface area contributed by atoms with E-state index in [0.717, 1.165) is 12.8 Å². The van der Waals surface area contributed by atoms with Gasteiger partial charge in [0.1, 0.15) is 5.67 Å². The van der Waals surface area contributed by atoms with Crippen molar-refractivity contribution >= 4 is 0 Å². The van der Waals surface area contributed by atoms with Gasteiger partial charge in [-0.25, -0.2) is 4.39 Å². The molecule has 1 aromatic carbocycles. The third-order valence-electron chi connectivity index (χ3n) is 4.95. The second-order valence-electron chi connectivity index (χ2n) is 7.21. The SMILES string of the molecule is CC.CCC1(CC(c2ccc(C)cc2)N(C)C)CC(C)(F)C1. The third-order valence-corrected chi connectivity index (χ3v) is 4.95. The minimum Gasteiger partial charge on any atom is -0.302 e. The lowest BCUT2D eigenvalue weighted by Gasteiger charge is -2.52. The van der Waals surface area contributed by atoms with Crippen molar-refractivity contribution in [3.05, 3.63) is 35.4 Å². The van der Waals surface area contributed by atoms with E-state index < -0.39 is 5.67 Å². The van der Waals surface area contributed by atoms with Crippen LogP contribution in [0.5, 0.6) is 0 Å². The number of rotatable bonds is 5. The first-order valence-electron chi connectivity index (χ1n) is 8.69. The van der Waals surface area contributed by atoms with Gasteiger partial charge >= 0.3 is 0 Å². The van der Waals surface area contributed by atoms with Gasteiger partial charge in [-0.2, -0.15) is 0 Å². The van der Waals surface area contributed by atoms with Gasteiger partial charge < -0.3 is 4.90 Å². The summed E-state index contributed by atoms with van der Waals surface area (Å²) in [6.45, 7) is 10.1. The Morgan fingerprint density at radius 2 is 1.64 bits per heavy atom. The average molecular weight is 307 g/mol. The first-order chi connectivity index (χ1) is 10.3. The molecule has 1 atom stereocenters. The van der Waals surface area contributed by atoms with Crippen molar-refractivity contribution in [3.63, 3.8) is 0 Å². The molecule has 22 heavy (non-hydrogen) atoms. The molecular weight excluding hydrogens is 273 g/mol. The summed E-state index contributed by atoms with van der Waals surface area (Å²) >= 11 is 0. The van der Waals surface area contributed by atoms with Crippen LogP contribution in [0.25, 0.3) is 0 Å². The first kappa shape index (κ1) is 19.2. The third kappa shape index (κ3) is 4.55. The maximum Gasteiger partial charge on any atom is 0.109 e. The molecule has 126 valence electrons. The summed E-state index contributed by atoms with van der Waals surface area (Å²) < 4.78 is 14.0. The summed E-state index contributed by atoms with van der Waals surface area (Å²) in [5.41, 5.74) is 1.88. The maximum absolute atomic E-state index is 14.0. The molecule has 0 radical (unpaired) electrons. The molecule has 0 heterocycles. The Morgan fingerprint density at radius 1 is 1.14 bits per heavy atom. The monoisotopic (exact) mass is 307 g/mol. The van der Waals surface area contributed by atoms with Crippen molar-refractivity contribution in [2.75, 3.05) is 14.1 Å². The first-order valence-corrected chi connectivity index (χ1v) is 8.69. The van der Waals surface area contributed by atoms with Crippen molar-refractivity contribution < 1.29 is 4.39 Å². The van der Waals surface area contributed by atoms with Crippen molar-refractivity contribution in [2.24, 2.45) is 5.41 Å². The molecule has 0 N–H and O–H groups in total. The molecule has 1 aliphatic carbocycles. The lowest BCUT2D eigenvalue weighted by atomic mass is 9.56. The molecular formula is C20H34FN. The van der Waals surface area contributed by atoms with Gasteiger partial charge in [0.2, 0.25) is 0 Å². The van der Waals surface area contributed by atoms with E-state index in [9.17, 15) is 4.39 Å². The summed E-state index contributed by atoms with van der Waals surface area (Å²) in [6.07, 6.45) is 3.56. The Morgan fingerprint density at radius 3 is 2.00 bits per heavy atom. The molecule has 1 fully saturated rings. The molecule has 2 heteroatoms. The summed E-state index contributed by atoms with van der Waals surface area (Å²) in [6, 6.07) is 9.16. The largest absolute Gasteiger partial charge is 0.302 e. The van der Waals surface area contributed by atoms with Crippen LogP contribution >= 0.6 is 0 Å². The van der Waals surface area contributed by atoms with Gasteiger partial charge in [-0.1, -0.05) is 57.0 Å². The van der Waals surface area contributed by atoms with Crippen LogP contribution in [0, 0.1) is 12.3 Å². The van der Waals surface area contributed by atoms with E-state index in [1.165, 1.54) is 11.1 Å². The molecule has 0 aliphatic heterocycles. The van der Waals surface area contributed by atoms with Crippen LogP contribution in [0.2, 0.25) is 0 Å². The van der Waals surface area contributed by atoms with E-state index in [1.807, 2.05) is 13.8 Å². The van der Waals surface area contributed by atoms with Crippen LogP contribution < -0.4 is 0 Å². The molecule has 1 nitrogen and oxygen atoms in total. The minimum absolute atomic E-state index is 0.184. The summed E-state index contributed by atoms with van der Waals surface area (Å²) in [4.78, 5) is 2.27. The number of halogens is 1. The molecule has 1 saturated carbocycles. The van der Waals surface area contributed by atoms with Crippen molar-refractivity contribution in [1.29, 1.82) is 0 Å². The molecule has 0 spiro atoms. The zero-order valence-corrected chi connectivity index (χ0v) is 15.5. The molecule has 0 amide bonds. The number of hydrogen-bond acceptors (Lipinski definition) is 1. The Bertz CT molecular complexity index is 439. The van der Waals surface area contributed by atoms with Crippen LogP contribution in [0.4, 0.5) is 4.39 Å². The van der Waals surface area contributed by atoms with Gasteiger partial charge in [0.05, 0.1) is 0 Å². The van der Waals surface area contributed by atoms with E-state index in [4.69, 9.17) is 0 Å². The van der Waals surface area contributed by atoms with Crippen molar-refractivity contribution in [1.82, 2.24) is 4.90 Å². The predicted octanol–water partition coefficient (Wildman–Crippen LogP) is 5.93. The smallest absolute Gasteiger partial charge is 0.109 e. The number of alkyl halides is 1. The topological polar surface area (TPSA) is 3.24 Å². The van der Waals surface area contributed by atoms with E-state index in [1.54, 1.807) is 6.92 Å². The number of hydrogen-bond donors (Lipinski definition) is 0. The van der Waals surface area contributed by atoms with Crippen LogP contribution in [0.3, 0.4) is 0 Å². The maximum atomic E-state index is 14.0. The average Bonchev–Trinajstić information content (AvgIpc) is 2.45. The number of aryl methyl sites for hydroxylation is 1. The Balaban J connectivity index is 0.00000116. The molecule has 2 rings (SSSR count). The highest BCUT2D eigenvalue weighted by molar-refractivity contribution is 5.25. The van der Waals surface area contributed by atoms with Crippen molar-refractivity contribution in [2.45, 2.75) is 72.0 Å². The van der Waals surface area contributed by atoms with Gasteiger partial charge in [0, 0.05) is 6.04 Å². The molecule has 0 bridgehead atoms. The van der Waals surface area contributed by atoms with Crippen LogP contribution in [-0.2, 0) is 0 Å². The van der Waals surface area contributed by atoms with Gasteiger partial charge in [0.25, 0.3) is 0 Å². The highest BCUT2D eigenvalue weighted by atomic mass is 19.1. The second-order valence-corrected chi connectivity index (χ2v) is 7.21. The van der Waals surface area contributed by atoms with E-state index in [-0.39, 0.29) is 5.41 Å². The zero-order chi connectivity index (χ0) is 17.0. The van der Waals surface area contributed by atoms with Crippen molar-refractivity contribution in [3.8, 4) is 0 Å². The predicted molar refractivity (Wildman–Crippen MR) is 95.0 cm³/mol. The highest BCUT2D eigenvalue weighted by Gasteiger charge is 2.52. The lowest BCUT2D eigenvalue weighted by molar-refractivity contribution is -0.0735. The quantitative estimate of drug-likeness (QED) is 0.651. The fourth-order valence-corrected chi connectivity index (χ4v) is 3.85. The fourth-order valence-electron chi connectivity index (χ4n) is 3.85. The second kappa shape index (κ2) is 7.59. The van der Waals surface area contributed by atoms with E-state index in [2.05, 4.69) is 57.1 Å². The van der Waals surface area contributed by atoms with Crippen LogP contribution in [-0.4, -0.2) is 24.7 Å². The van der Waals surface area contributed by atoms with E-state index in [0.29, 0.717) is 18.9 Å². The summed E-state index contributed by atoms with van der Waals surface area (Å²) in [5.74, 6) is 0. The normalized spacial score (nSPS) is 28.6. The van der Waals surface area contributed by atoms with E-state index >= 15 is 0 Å². The number of benzene rings is 1. The Labute approximate surface area is 136 Å². The standard InChI is InChI=1S/C18H28FN.C2H6/c1-6-18(12-17(3,19)13-18)11-16(20(4)5)15-9-7-14(2)8-10-15;1-2/h7-10,16H,6,11-13H2,1-5H3;1-2H3. The van der Waals surface area contributed by atoms with Gasteiger partial charge in [-0.05, 0) is 58.2 Å². The molecule has 0 saturated heterocycles. The van der Waals surface area contributed by atoms with Crippen LogP contribution in [0.15, 0.2) is 24.3 Å². The molecule has 1 aliphatic rings. The van der Waals surface area contributed by atoms with Gasteiger partial charge in [0.15, 0.2) is 0 Å². The lowest BCUT2D eigenvalue weighted by Crippen LogP contribution is -2.48. The highest BCUT2D eigenvalue weighted by Crippen LogP contribution is 2.57.